The summed E-state index contributed by atoms with van der Waals surface area (Å²) >= 11 is 6.24. The highest BCUT2D eigenvalue weighted by Gasteiger charge is 2.19. The van der Waals surface area contributed by atoms with E-state index in [4.69, 9.17) is 16.9 Å². The third-order valence-electron chi connectivity index (χ3n) is 3.72. The maximum atomic E-state index is 9.00. The molecule has 1 aliphatic rings. The second-order valence-corrected chi connectivity index (χ2v) is 5.18. The zero-order chi connectivity index (χ0) is 13.0. The fraction of sp³-hybridized carbons (Fsp3) is 0.571. The van der Waals surface area contributed by atoms with Gasteiger partial charge in [0.1, 0.15) is 16.9 Å². The van der Waals surface area contributed by atoms with Crippen LogP contribution >= 0.6 is 11.6 Å². The molecule has 1 atom stereocenters. The van der Waals surface area contributed by atoms with Gasteiger partial charge in [-0.05, 0) is 31.2 Å². The molecule has 1 aromatic rings. The van der Waals surface area contributed by atoms with Crippen LogP contribution in [0.3, 0.4) is 0 Å². The van der Waals surface area contributed by atoms with Crippen molar-refractivity contribution in [2.75, 3.05) is 18.0 Å². The Balaban J connectivity index is 2.19. The van der Waals surface area contributed by atoms with Crippen LogP contribution in [0.2, 0.25) is 5.02 Å². The molecule has 0 N–H and O–H groups in total. The van der Waals surface area contributed by atoms with Crippen molar-refractivity contribution in [3.8, 4) is 6.07 Å². The van der Waals surface area contributed by atoms with Gasteiger partial charge in [-0.3, -0.25) is 0 Å². The molecule has 2 rings (SSSR count). The highest BCUT2D eigenvalue weighted by Crippen LogP contribution is 2.29. The zero-order valence-electron chi connectivity index (χ0n) is 10.7. The molecule has 0 bridgehead atoms. The number of hydrogen-bond donors (Lipinski definition) is 0. The first kappa shape index (κ1) is 13.2. The summed E-state index contributed by atoms with van der Waals surface area (Å²) < 4.78 is 0. The zero-order valence-corrected chi connectivity index (χ0v) is 11.5. The highest BCUT2D eigenvalue weighted by atomic mass is 35.5. The van der Waals surface area contributed by atoms with Crippen molar-refractivity contribution >= 4 is 17.4 Å². The number of hydrogen-bond acceptors (Lipinski definition) is 3. The third-order valence-corrected chi connectivity index (χ3v) is 4.09. The van der Waals surface area contributed by atoms with Crippen LogP contribution in [-0.2, 0) is 0 Å². The standard InChI is InChI=1S/C14H18ClN3/c1-2-11-4-3-8-18(9-6-11)14-13(15)12(10-16)5-7-17-14/h5,7,11H,2-4,6,8-9H2,1H3. The second-order valence-electron chi connectivity index (χ2n) is 4.80. The Bertz CT molecular complexity index is 453. The number of anilines is 1. The van der Waals surface area contributed by atoms with E-state index >= 15 is 0 Å². The third kappa shape index (κ3) is 2.76. The van der Waals surface area contributed by atoms with Gasteiger partial charge in [0.15, 0.2) is 0 Å². The fourth-order valence-electron chi connectivity index (χ4n) is 2.52. The summed E-state index contributed by atoms with van der Waals surface area (Å²) in [7, 11) is 0. The molecular formula is C14H18ClN3. The fourth-order valence-corrected chi connectivity index (χ4v) is 2.80. The maximum Gasteiger partial charge on any atom is 0.148 e. The Morgan fingerprint density at radius 3 is 3.06 bits per heavy atom. The number of nitriles is 1. The van der Waals surface area contributed by atoms with Gasteiger partial charge in [0.05, 0.1) is 5.56 Å². The average Bonchev–Trinajstić information content (AvgIpc) is 2.64. The van der Waals surface area contributed by atoms with Crippen molar-refractivity contribution in [1.29, 1.82) is 5.26 Å². The van der Waals surface area contributed by atoms with Gasteiger partial charge in [-0.1, -0.05) is 24.9 Å². The Kier molecular flexibility index (Phi) is 4.43. The molecule has 18 heavy (non-hydrogen) atoms. The minimum atomic E-state index is 0.495. The van der Waals surface area contributed by atoms with Gasteiger partial charge in [-0.15, -0.1) is 0 Å². The Morgan fingerprint density at radius 2 is 2.33 bits per heavy atom. The highest BCUT2D eigenvalue weighted by molar-refractivity contribution is 6.34. The monoisotopic (exact) mass is 263 g/mol. The average molecular weight is 264 g/mol. The summed E-state index contributed by atoms with van der Waals surface area (Å²) in [5.74, 6) is 1.58. The first-order chi connectivity index (χ1) is 8.76. The van der Waals surface area contributed by atoms with Gasteiger partial charge in [-0.25, -0.2) is 4.98 Å². The molecule has 1 saturated heterocycles. The van der Waals surface area contributed by atoms with Gasteiger partial charge in [0, 0.05) is 19.3 Å². The predicted molar refractivity (Wildman–Crippen MR) is 73.8 cm³/mol. The van der Waals surface area contributed by atoms with Crippen LogP contribution in [0.15, 0.2) is 12.3 Å². The van der Waals surface area contributed by atoms with Crippen molar-refractivity contribution in [2.24, 2.45) is 5.92 Å². The maximum absolute atomic E-state index is 9.00. The van der Waals surface area contributed by atoms with Crippen LogP contribution in [0.5, 0.6) is 0 Å². The van der Waals surface area contributed by atoms with Crippen molar-refractivity contribution in [2.45, 2.75) is 32.6 Å². The molecule has 0 amide bonds. The molecule has 0 aromatic carbocycles. The lowest BCUT2D eigenvalue weighted by Crippen LogP contribution is -2.25. The van der Waals surface area contributed by atoms with E-state index in [1.54, 1.807) is 12.3 Å². The number of halogens is 1. The molecule has 0 spiro atoms. The van der Waals surface area contributed by atoms with Gasteiger partial charge in [0.2, 0.25) is 0 Å². The largest absolute Gasteiger partial charge is 0.355 e. The molecule has 2 heterocycles. The second kappa shape index (κ2) is 6.06. The number of pyridine rings is 1. The van der Waals surface area contributed by atoms with E-state index in [1.807, 2.05) is 0 Å². The van der Waals surface area contributed by atoms with E-state index in [1.165, 1.54) is 25.7 Å². The van der Waals surface area contributed by atoms with E-state index in [0.29, 0.717) is 10.6 Å². The summed E-state index contributed by atoms with van der Waals surface area (Å²) in [6.45, 7) is 4.22. The lowest BCUT2D eigenvalue weighted by Gasteiger charge is -2.22. The summed E-state index contributed by atoms with van der Waals surface area (Å²) in [5.41, 5.74) is 0.512. The quantitative estimate of drug-likeness (QED) is 0.818. The van der Waals surface area contributed by atoms with Crippen molar-refractivity contribution < 1.29 is 0 Å². The van der Waals surface area contributed by atoms with Crippen LogP contribution in [0.25, 0.3) is 0 Å². The molecule has 4 heteroatoms. The lowest BCUT2D eigenvalue weighted by molar-refractivity contribution is 0.459. The van der Waals surface area contributed by atoms with Crippen molar-refractivity contribution in [3.05, 3.63) is 22.8 Å². The van der Waals surface area contributed by atoms with E-state index in [2.05, 4.69) is 22.9 Å². The molecule has 1 unspecified atom stereocenters. The van der Waals surface area contributed by atoms with E-state index in [0.717, 1.165) is 24.8 Å². The summed E-state index contributed by atoms with van der Waals surface area (Å²) in [4.78, 5) is 6.57. The molecule has 0 saturated carbocycles. The van der Waals surface area contributed by atoms with Gasteiger partial charge >= 0.3 is 0 Å². The van der Waals surface area contributed by atoms with Gasteiger partial charge in [0.25, 0.3) is 0 Å². The van der Waals surface area contributed by atoms with E-state index in [9.17, 15) is 0 Å². The number of aromatic nitrogens is 1. The topological polar surface area (TPSA) is 39.9 Å². The van der Waals surface area contributed by atoms with E-state index in [-0.39, 0.29) is 0 Å². The Morgan fingerprint density at radius 1 is 1.50 bits per heavy atom. The molecule has 1 aromatic heterocycles. The molecule has 96 valence electrons. The molecule has 0 aliphatic carbocycles. The van der Waals surface area contributed by atoms with Crippen molar-refractivity contribution in [1.82, 2.24) is 4.98 Å². The Labute approximate surface area is 113 Å². The van der Waals surface area contributed by atoms with Crippen LogP contribution in [0.4, 0.5) is 5.82 Å². The minimum Gasteiger partial charge on any atom is -0.355 e. The van der Waals surface area contributed by atoms with Gasteiger partial charge < -0.3 is 4.90 Å². The first-order valence-corrected chi connectivity index (χ1v) is 6.93. The molecular weight excluding hydrogens is 246 g/mol. The molecule has 0 radical (unpaired) electrons. The van der Waals surface area contributed by atoms with Crippen molar-refractivity contribution in [3.63, 3.8) is 0 Å². The van der Waals surface area contributed by atoms with Crippen LogP contribution in [-0.4, -0.2) is 18.1 Å². The minimum absolute atomic E-state index is 0.495. The van der Waals surface area contributed by atoms with Crippen LogP contribution in [0, 0.1) is 17.2 Å². The number of nitrogens with zero attached hydrogens (tertiary/aromatic N) is 3. The summed E-state index contributed by atoms with van der Waals surface area (Å²) in [6, 6.07) is 3.78. The molecule has 1 aliphatic heterocycles. The summed E-state index contributed by atoms with van der Waals surface area (Å²) in [5, 5.41) is 9.49. The van der Waals surface area contributed by atoms with Gasteiger partial charge in [-0.2, -0.15) is 5.26 Å². The smallest absolute Gasteiger partial charge is 0.148 e. The number of rotatable bonds is 2. The van der Waals surface area contributed by atoms with E-state index < -0.39 is 0 Å². The predicted octanol–water partition coefficient (Wildman–Crippen LogP) is 3.62. The lowest BCUT2D eigenvalue weighted by atomic mass is 9.98. The molecule has 1 fully saturated rings. The van der Waals surface area contributed by atoms with Crippen LogP contribution < -0.4 is 4.90 Å². The SMILES string of the molecule is CCC1CCCN(c2nccc(C#N)c2Cl)CC1. The first-order valence-electron chi connectivity index (χ1n) is 6.55. The van der Waals surface area contributed by atoms with Crippen LogP contribution in [0.1, 0.15) is 38.2 Å². The normalized spacial score (nSPS) is 20.3. The summed E-state index contributed by atoms with van der Waals surface area (Å²) in [6.07, 6.45) is 6.55. The Hall–Kier alpha value is -1.27. The molecule has 3 nitrogen and oxygen atoms in total.